The zero-order chi connectivity index (χ0) is 18.5. The van der Waals surface area contributed by atoms with Crippen LogP contribution in [0.5, 0.6) is 5.75 Å². The summed E-state index contributed by atoms with van der Waals surface area (Å²) in [5, 5.41) is 14.4. The summed E-state index contributed by atoms with van der Waals surface area (Å²) in [5.41, 5.74) is 6.27. The van der Waals surface area contributed by atoms with Crippen LogP contribution in [0.3, 0.4) is 0 Å². The number of aromatic nitrogens is 2. The van der Waals surface area contributed by atoms with Gasteiger partial charge in [0, 0.05) is 18.8 Å². The van der Waals surface area contributed by atoms with Crippen molar-refractivity contribution in [3.8, 4) is 5.75 Å². The predicted octanol–water partition coefficient (Wildman–Crippen LogP) is 1.95. The lowest BCUT2D eigenvalue weighted by atomic mass is 10.3. The van der Waals surface area contributed by atoms with Crippen LogP contribution in [0, 0.1) is 10.1 Å². The molecular weight excluding hydrogens is 340 g/mol. The molecular formula is C16H20N6O4. The molecule has 1 aromatic heterocycles. The van der Waals surface area contributed by atoms with Crippen LogP contribution in [0.2, 0.25) is 0 Å². The maximum atomic E-state index is 11.4. The van der Waals surface area contributed by atoms with Crippen LogP contribution >= 0.6 is 0 Å². The van der Waals surface area contributed by atoms with Gasteiger partial charge in [0.05, 0.1) is 24.7 Å². The van der Waals surface area contributed by atoms with Gasteiger partial charge < -0.3 is 25.4 Å². The lowest BCUT2D eigenvalue weighted by Crippen LogP contribution is -2.37. The van der Waals surface area contributed by atoms with E-state index in [1.165, 1.54) is 0 Å². The number of anilines is 4. The predicted molar refractivity (Wildman–Crippen MR) is 97.0 cm³/mol. The first-order valence-electron chi connectivity index (χ1n) is 8.23. The number of hydrogen-bond donors (Lipinski definition) is 2. The van der Waals surface area contributed by atoms with Gasteiger partial charge in [-0.1, -0.05) is 0 Å². The molecule has 3 N–H and O–H groups in total. The number of nitrogens with two attached hydrogens (primary N) is 1. The molecule has 3 rings (SSSR count). The lowest BCUT2D eigenvalue weighted by Gasteiger charge is -2.27. The number of hydrogen-bond acceptors (Lipinski definition) is 9. The highest BCUT2D eigenvalue weighted by Gasteiger charge is 2.28. The molecule has 1 aromatic carbocycles. The standard InChI is InChI=1S/C16H20N6O4/c1-2-26-12-5-3-11(4-6-12)18-16-19-14(17)13(22(23)24)15(20-16)21-7-9-25-10-8-21/h3-6H,2,7-10H2,1H3,(H3,17,18,19,20). The van der Waals surface area contributed by atoms with Crippen LogP contribution in [0.1, 0.15) is 6.92 Å². The average Bonchev–Trinajstić information content (AvgIpc) is 2.63. The van der Waals surface area contributed by atoms with Crippen molar-refractivity contribution in [2.24, 2.45) is 0 Å². The van der Waals surface area contributed by atoms with E-state index >= 15 is 0 Å². The van der Waals surface area contributed by atoms with Gasteiger partial charge in [0.15, 0.2) is 0 Å². The summed E-state index contributed by atoms with van der Waals surface area (Å²) in [4.78, 5) is 21.0. The van der Waals surface area contributed by atoms with Gasteiger partial charge in [-0.3, -0.25) is 10.1 Å². The lowest BCUT2D eigenvalue weighted by molar-refractivity contribution is -0.383. The minimum Gasteiger partial charge on any atom is -0.494 e. The van der Waals surface area contributed by atoms with Gasteiger partial charge in [-0.2, -0.15) is 9.97 Å². The third-order valence-corrected chi connectivity index (χ3v) is 3.81. The Kier molecular flexibility index (Phi) is 5.32. The number of nitrogen functional groups attached to an aromatic ring is 1. The van der Waals surface area contributed by atoms with E-state index in [1.807, 2.05) is 19.1 Å². The Labute approximate surface area is 150 Å². The summed E-state index contributed by atoms with van der Waals surface area (Å²) in [6.07, 6.45) is 0. The van der Waals surface area contributed by atoms with Gasteiger partial charge in [-0.05, 0) is 31.2 Å². The van der Waals surface area contributed by atoms with Crippen molar-refractivity contribution in [1.82, 2.24) is 9.97 Å². The van der Waals surface area contributed by atoms with E-state index in [0.29, 0.717) is 32.9 Å². The van der Waals surface area contributed by atoms with Gasteiger partial charge in [-0.25, -0.2) is 0 Å². The van der Waals surface area contributed by atoms with E-state index in [9.17, 15) is 10.1 Å². The fourth-order valence-corrected chi connectivity index (χ4v) is 2.62. The molecule has 0 saturated carbocycles. The molecule has 0 amide bonds. The fourth-order valence-electron chi connectivity index (χ4n) is 2.62. The van der Waals surface area contributed by atoms with Gasteiger partial charge in [0.2, 0.25) is 17.6 Å². The minimum absolute atomic E-state index is 0.181. The molecule has 1 aliphatic heterocycles. The van der Waals surface area contributed by atoms with Crippen molar-refractivity contribution in [2.45, 2.75) is 6.92 Å². The number of ether oxygens (including phenoxy) is 2. The molecule has 0 bridgehead atoms. The Bertz CT molecular complexity index is 777. The van der Waals surface area contributed by atoms with Crippen LogP contribution in [-0.4, -0.2) is 47.8 Å². The molecule has 1 fully saturated rings. The first kappa shape index (κ1) is 17.7. The van der Waals surface area contributed by atoms with E-state index in [4.69, 9.17) is 15.2 Å². The van der Waals surface area contributed by atoms with Gasteiger partial charge in [0.1, 0.15) is 5.75 Å². The molecule has 26 heavy (non-hydrogen) atoms. The monoisotopic (exact) mass is 360 g/mol. The maximum Gasteiger partial charge on any atom is 0.353 e. The molecule has 0 spiro atoms. The molecule has 10 nitrogen and oxygen atoms in total. The van der Waals surface area contributed by atoms with Crippen molar-refractivity contribution >= 4 is 29.0 Å². The molecule has 2 heterocycles. The van der Waals surface area contributed by atoms with Crippen LogP contribution in [-0.2, 0) is 4.74 Å². The third-order valence-electron chi connectivity index (χ3n) is 3.81. The first-order valence-corrected chi connectivity index (χ1v) is 8.23. The highest BCUT2D eigenvalue weighted by Crippen LogP contribution is 2.33. The molecule has 0 unspecified atom stereocenters. The molecule has 138 valence electrons. The minimum atomic E-state index is -0.555. The first-order chi connectivity index (χ1) is 12.6. The van der Waals surface area contributed by atoms with E-state index in [1.54, 1.807) is 17.0 Å². The van der Waals surface area contributed by atoms with E-state index in [0.717, 1.165) is 11.4 Å². The Morgan fingerprint density at radius 2 is 2.00 bits per heavy atom. The number of rotatable bonds is 6. The summed E-state index contributed by atoms with van der Waals surface area (Å²) in [5.74, 6) is 0.953. The van der Waals surface area contributed by atoms with Crippen molar-refractivity contribution in [3.63, 3.8) is 0 Å². The quantitative estimate of drug-likeness (QED) is 0.586. The molecule has 1 saturated heterocycles. The molecule has 2 aromatic rings. The van der Waals surface area contributed by atoms with Crippen molar-refractivity contribution in [3.05, 3.63) is 34.4 Å². The maximum absolute atomic E-state index is 11.4. The number of nitro groups is 1. The van der Waals surface area contributed by atoms with Crippen LogP contribution in [0.4, 0.5) is 29.0 Å². The second-order valence-electron chi connectivity index (χ2n) is 5.54. The van der Waals surface area contributed by atoms with Crippen molar-refractivity contribution in [1.29, 1.82) is 0 Å². The van der Waals surface area contributed by atoms with Gasteiger partial charge in [0.25, 0.3) is 0 Å². The zero-order valence-electron chi connectivity index (χ0n) is 14.3. The summed E-state index contributed by atoms with van der Waals surface area (Å²) in [6.45, 7) is 4.44. The van der Waals surface area contributed by atoms with Gasteiger partial charge in [-0.15, -0.1) is 0 Å². The topological polar surface area (TPSA) is 129 Å². The van der Waals surface area contributed by atoms with Crippen LogP contribution in [0.25, 0.3) is 0 Å². The zero-order valence-corrected chi connectivity index (χ0v) is 14.3. The molecule has 0 aliphatic carbocycles. The smallest absolute Gasteiger partial charge is 0.353 e. The second kappa shape index (κ2) is 7.83. The van der Waals surface area contributed by atoms with E-state index in [-0.39, 0.29) is 23.3 Å². The van der Waals surface area contributed by atoms with E-state index in [2.05, 4.69) is 15.3 Å². The normalized spacial score (nSPS) is 14.1. The third kappa shape index (κ3) is 3.91. The highest BCUT2D eigenvalue weighted by atomic mass is 16.6. The summed E-state index contributed by atoms with van der Waals surface area (Å²) in [6, 6.07) is 7.23. The van der Waals surface area contributed by atoms with Gasteiger partial charge >= 0.3 is 5.69 Å². The molecule has 1 aliphatic rings. The van der Waals surface area contributed by atoms with E-state index < -0.39 is 4.92 Å². The Hall–Kier alpha value is -3.14. The Morgan fingerprint density at radius 3 is 2.62 bits per heavy atom. The molecule has 0 radical (unpaired) electrons. The SMILES string of the molecule is CCOc1ccc(Nc2nc(N)c([N+](=O)[O-])c(N3CCOCC3)n2)cc1. The number of nitrogens with zero attached hydrogens (tertiary/aromatic N) is 4. The molecule has 10 heteroatoms. The highest BCUT2D eigenvalue weighted by molar-refractivity contribution is 5.72. The van der Waals surface area contributed by atoms with Crippen molar-refractivity contribution in [2.75, 3.05) is 48.9 Å². The summed E-state index contributed by atoms with van der Waals surface area (Å²) >= 11 is 0. The Morgan fingerprint density at radius 1 is 1.31 bits per heavy atom. The second-order valence-corrected chi connectivity index (χ2v) is 5.54. The number of nitrogens with one attached hydrogen (secondary N) is 1. The number of benzene rings is 1. The molecule has 0 atom stereocenters. The Balaban J connectivity index is 1.89. The summed E-state index contributed by atoms with van der Waals surface area (Å²) < 4.78 is 10.7. The summed E-state index contributed by atoms with van der Waals surface area (Å²) in [7, 11) is 0. The van der Waals surface area contributed by atoms with Crippen LogP contribution < -0.4 is 20.7 Å². The van der Waals surface area contributed by atoms with Crippen molar-refractivity contribution < 1.29 is 14.4 Å². The largest absolute Gasteiger partial charge is 0.494 e. The number of morpholine rings is 1. The average molecular weight is 360 g/mol. The fraction of sp³-hybridized carbons (Fsp3) is 0.375. The van der Waals surface area contributed by atoms with Crippen LogP contribution in [0.15, 0.2) is 24.3 Å².